The molecule has 0 spiro atoms. The van der Waals surface area contributed by atoms with E-state index in [1.54, 1.807) is 0 Å². The summed E-state index contributed by atoms with van der Waals surface area (Å²) in [5, 5.41) is 3.21. The van der Waals surface area contributed by atoms with E-state index < -0.39 is 0 Å². The molecule has 4 nitrogen and oxygen atoms in total. The minimum Gasteiger partial charge on any atom is -0.334 e. The number of likely N-dealkylation sites (N-methyl/N-ethyl adjacent to an activating group) is 1. The van der Waals surface area contributed by atoms with E-state index in [1.165, 1.54) is 5.56 Å². The van der Waals surface area contributed by atoms with Gasteiger partial charge in [-0.15, -0.1) is 12.4 Å². The second kappa shape index (κ2) is 8.07. The average Bonchev–Trinajstić information content (AvgIpc) is 3.12. The maximum Gasteiger partial charge on any atom is 0.255 e. The number of nitrogens with one attached hydrogen (secondary N) is 1. The molecule has 1 N–H and O–H groups in total. The molecule has 0 saturated carbocycles. The number of aryl methyl sites for hydroxylation is 2. The van der Waals surface area contributed by atoms with Crippen LogP contribution in [0.5, 0.6) is 0 Å². The van der Waals surface area contributed by atoms with Gasteiger partial charge in [0.1, 0.15) is 0 Å². The monoisotopic (exact) mass is 361 g/mol. The molecule has 1 unspecified atom stereocenters. The fourth-order valence-electron chi connectivity index (χ4n) is 3.85. The summed E-state index contributed by atoms with van der Waals surface area (Å²) in [6, 6.07) is 10.8. The molecule has 1 atom stereocenters. The molecule has 136 valence electrons. The number of likely N-dealkylation sites (tertiary alicyclic amines) is 1. The standard InChI is InChI=1S/C20H27N3O.ClH/c1-14-7-5-8-17(11-14)23-15(2)12-19(16(23)3)20(24)22-10-6-9-18(22)13-21-4;/h5,7-8,11-12,18,21H,6,9-10,13H2,1-4H3;1H. The average molecular weight is 362 g/mol. The van der Waals surface area contributed by atoms with E-state index >= 15 is 0 Å². The van der Waals surface area contributed by atoms with Crippen molar-refractivity contribution in [1.82, 2.24) is 14.8 Å². The molecular weight excluding hydrogens is 334 g/mol. The number of halogens is 1. The van der Waals surface area contributed by atoms with Crippen LogP contribution in [0.1, 0.15) is 40.2 Å². The van der Waals surface area contributed by atoms with E-state index in [4.69, 9.17) is 0 Å². The molecule has 1 aliphatic heterocycles. The number of amides is 1. The highest BCUT2D eigenvalue weighted by Crippen LogP contribution is 2.26. The molecule has 1 fully saturated rings. The molecule has 1 aromatic carbocycles. The minimum absolute atomic E-state index is 0. The lowest BCUT2D eigenvalue weighted by Crippen LogP contribution is -2.41. The third kappa shape index (κ3) is 3.75. The molecule has 1 saturated heterocycles. The zero-order chi connectivity index (χ0) is 17.3. The lowest BCUT2D eigenvalue weighted by Gasteiger charge is -2.24. The van der Waals surface area contributed by atoms with Gasteiger partial charge in [0.25, 0.3) is 5.91 Å². The van der Waals surface area contributed by atoms with E-state index in [9.17, 15) is 4.79 Å². The van der Waals surface area contributed by atoms with Gasteiger partial charge in [0.15, 0.2) is 0 Å². The molecule has 1 aromatic heterocycles. The van der Waals surface area contributed by atoms with Gasteiger partial charge in [0, 0.05) is 36.2 Å². The van der Waals surface area contributed by atoms with E-state index in [0.29, 0.717) is 6.04 Å². The van der Waals surface area contributed by atoms with Crippen LogP contribution in [-0.4, -0.2) is 41.6 Å². The summed E-state index contributed by atoms with van der Waals surface area (Å²) in [7, 11) is 1.95. The van der Waals surface area contributed by atoms with Crippen molar-refractivity contribution in [2.75, 3.05) is 20.1 Å². The quantitative estimate of drug-likeness (QED) is 0.902. The summed E-state index contributed by atoms with van der Waals surface area (Å²) in [6.45, 7) is 7.94. The first-order valence-electron chi connectivity index (χ1n) is 8.74. The highest BCUT2D eigenvalue weighted by molar-refractivity contribution is 5.96. The van der Waals surface area contributed by atoms with E-state index in [2.05, 4.69) is 48.0 Å². The second-order valence-electron chi connectivity index (χ2n) is 6.81. The zero-order valence-electron chi connectivity index (χ0n) is 15.5. The topological polar surface area (TPSA) is 37.3 Å². The van der Waals surface area contributed by atoms with Crippen molar-refractivity contribution in [3.8, 4) is 5.69 Å². The predicted octanol–water partition coefficient (Wildman–Crippen LogP) is 3.65. The largest absolute Gasteiger partial charge is 0.334 e. The molecule has 2 aromatic rings. The molecule has 0 aliphatic carbocycles. The smallest absolute Gasteiger partial charge is 0.255 e. The van der Waals surface area contributed by atoms with Gasteiger partial charge in [-0.2, -0.15) is 0 Å². The van der Waals surface area contributed by atoms with Crippen LogP contribution in [-0.2, 0) is 0 Å². The molecule has 0 radical (unpaired) electrons. The Morgan fingerprint density at radius 2 is 2.00 bits per heavy atom. The molecule has 1 amide bonds. The van der Waals surface area contributed by atoms with Gasteiger partial charge >= 0.3 is 0 Å². The van der Waals surface area contributed by atoms with Crippen LogP contribution in [0, 0.1) is 20.8 Å². The zero-order valence-corrected chi connectivity index (χ0v) is 16.3. The van der Waals surface area contributed by atoms with Crippen LogP contribution >= 0.6 is 12.4 Å². The Bertz CT molecular complexity index is 753. The molecule has 5 heteroatoms. The van der Waals surface area contributed by atoms with Crippen LogP contribution in [0.15, 0.2) is 30.3 Å². The first-order valence-corrected chi connectivity index (χ1v) is 8.74. The van der Waals surface area contributed by atoms with E-state index in [0.717, 1.165) is 48.6 Å². The Hall–Kier alpha value is -1.78. The van der Waals surface area contributed by atoms with Gasteiger partial charge in [-0.05, 0) is 64.4 Å². The molecule has 1 aliphatic rings. The fourth-order valence-corrected chi connectivity index (χ4v) is 3.85. The number of hydrogen-bond donors (Lipinski definition) is 1. The normalized spacial score (nSPS) is 16.8. The van der Waals surface area contributed by atoms with Gasteiger partial charge < -0.3 is 14.8 Å². The summed E-state index contributed by atoms with van der Waals surface area (Å²) in [5.41, 5.74) is 5.31. The summed E-state index contributed by atoms with van der Waals surface area (Å²) in [5.74, 6) is 0.166. The number of rotatable bonds is 4. The summed E-state index contributed by atoms with van der Waals surface area (Å²) < 4.78 is 2.18. The number of carbonyl (C=O) groups excluding carboxylic acids is 1. The summed E-state index contributed by atoms with van der Waals surface area (Å²) in [6.07, 6.45) is 2.18. The van der Waals surface area contributed by atoms with Crippen molar-refractivity contribution >= 4 is 18.3 Å². The molecule has 3 rings (SSSR count). The van der Waals surface area contributed by atoms with Crippen molar-refractivity contribution < 1.29 is 4.79 Å². The highest BCUT2D eigenvalue weighted by atomic mass is 35.5. The van der Waals surface area contributed by atoms with Gasteiger partial charge in [-0.25, -0.2) is 0 Å². The number of benzene rings is 1. The van der Waals surface area contributed by atoms with Gasteiger partial charge in [-0.1, -0.05) is 12.1 Å². The van der Waals surface area contributed by atoms with Crippen molar-refractivity contribution in [2.45, 2.75) is 39.7 Å². The van der Waals surface area contributed by atoms with Crippen LogP contribution in [0.4, 0.5) is 0 Å². The van der Waals surface area contributed by atoms with Crippen LogP contribution in [0.25, 0.3) is 5.69 Å². The Balaban J connectivity index is 0.00000225. The first kappa shape index (κ1) is 19.5. The van der Waals surface area contributed by atoms with E-state index in [1.807, 2.05) is 24.9 Å². The van der Waals surface area contributed by atoms with Crippen LogP contribution < -0.4 is 5.32 Å². The summed E-state index contributed by atoms with van der Waals surface area (Å²) >= 11 is 0. The van der Waals surface area contributed by atoms with Crippen molar-refractivity contribution in [2.24, 2.45) is 0 Å². The lowest BCUT2D eigenvalue weighted by molar-refractivity contribution is 0.0736. The second-order valence-corrected chi connectivity index (χ2v) is 6.81. The summed E-state index contributed by atoms with van der Waals surface area (Å²) in [4.78, 5) is 15.1. The van der Waals surface area contributed by atoms with Crippen LogP contribution in [0.2, 0.25) is 0 Å². The van der Waals surface area contributed by atoms with Crippen molar-refractivity contribution in [3.63, 3.8) is 0 Å². The number of hydrogen-bond acceptors (Lipinski definition) is 2. The van der Waals surface area contributed by atoms with Gasteiger partial charge in [0.2, 0.25) is 0 Å². The Morgan fingerprint density at radius 1 is 1.24 bits per heavy atom. The number of nitrogens with zero attached hydrogens (tertiary/aromatic N) is 2. The maximum atomic E-state index is 13.1. The fraction of sp³-hybridized carbons (Fsp3) is 0.450. The van der Waals surface area contributed by atoms with Gasteiger partial charge in [-0.3, -0.25) is 4.79 Å². The molecular formula is C20H28ClN3O. The van der Waals surface area contributed by atoms with E-state index in [-0.39, 0.29) is 18.3 Å². The first-order chi connectivity index (χ1) is 11.5. The highest BCUT2D eigenvalue weighted by Gasteiger charge is 2.30. The minimum atomic E-state index is 0. The Kier molecular flexibility index (Phi) is 6.31. The number of aromatic nitrogens is 1. The third-order valence-electron chi connectivity index (χ3n) is 5.00. The van der Waals surface area contributed by atoms with Crippen LogP contribution in [0.3, 0.4) is 0 Å². The lowest BCUT2D eigenvalue weighted by atomic mass is 10.1. The molecule has 2 heterocycles. The number of carbonyl (C=O) groups is 1. The third-order valence-corrected chi connectivity index (χ3v) is 5.00. The Labute approximate surface area is 156 Å². The predicted molar refractivity (Wildman–Crippen MR) is 105 cm³/mol. The molecule has 25 heavy (non-hydrogen) atoms. The maximum absolute atomic E-state index is 13.1. The van der Waals surface area contributed by atoms with Crippen molar-refractivity contribution in [1.29, 1.82) is 0 Å². The van der Waals surface area contributed by atoms with Crippen molar-refractivity contribution in [3.05, 3.63) is 52.8 Å². The Morgan fingerprint density at radius 3 is 2.68 bits per heavy atom. The van der Waals surface area contributed by atoms with Gasteiger partial charge in [0.05, 0.1) is 5.56 Å². The molecule has 0 bridgehead atoms. The SMILES string of the molecule is CNCC1CCCN1C(=O)c1cc(C)n(-c2cccc(C)c2)c1C.Cl.